The number of hydrogen-bond acceptors (Lipinski definition) is 5. The molecule has 1 heterocycles. The van der Waals surface area contributed by atoms with E-state index in [1.165, 1.54) is 0 Å². The Morgan fingerprint density at radius 1 is 1.07 bits per heavy atom. The third kappa shape index (κ3) is 2.85. The fourth-order valence-corrected chi connectivity index (χ4v) is 5.96. The minimum absolute atomic E-state index is 0.156. The lowest BCUT2D eigenvalue weighted by Crippen LogP contribution is -2.40. The minimum Gasteiger partial charge on any atom is -0.490 e. The van der Waals surface area contributed by atoms with Crippen molar-refractivity contribution in [2.24, 2.45) is 40.6 Å². The molecule has 0 radical (unpaired) electrons. The second-order valence-corrected chi connectivity index (χ2v) is 8.94. The Bertz CT molecular complexity index is 907. The number of imide groups is 1. The van der Waals surface area contributed by atoms with Gasteiger partial charge in [-0.15, -0.1) is 0 Å². The van der Waals surface area contributed by atoms with Crippen molar-refractivity contribution >= 4 is 34.0 Å². The molecular formula is C22H23BrN2O4. The lowest BCUT2D eigenvalue weighted by molar-refractivity contribution is -0.140. The Labute approximate surface area is 178 Å². The number of benzene rings is 1. The predicted octanol–water partition coefficient (Wildman–Crippen LogP) is 3.63. The van der Waals surface area contributed by atoms with Crippen LogP contribution in [0.25, 0.3) is 0 Å². The van der Waals surface area contributed by atoms with Crippen molar-refractivity contribution in [3.63, 3.8) is 0 Å². The molecule has 2 bridgehead atoms. The second-order valence-electron chi connectivity index (χ2n) is 8.08. The van der Waals surface area contributed by atoms with Crippen LogP contribution < -0.4 is 9.47 Å². The highest BCUT2D eigenvalue weighted by atomic mass is 79.9. The number of rotatable bonds is 6. The molecule has 2 saturated carbocycles. The van der Waals surface area contributed by atoms with Crippen LogP contribution in [0, 0.1) is 35.5 Å². The molecule has 1 aliphatic heterocycles. The molecule has 7 heteroatoms. The lowest BCUT2D eigenvalue weighted by atomic mass is 9.63. The number of hydrazone groups is 1. The van der Waals surface area contributed by atoms with Gasteiger partial charge in [0.05, 0.1) is 35.7 Å². The van der Waals surface area contributed by atoms with Gasteiger partial charge in [0.2, 0.25) is 0 Å². The quantitative estimate of drug-likeness (QED) is 0.370. The minimum atomic E-state index is -0.232. The maximum absolute atomic E-state index is 13.0. The zero-order valence-corrected chi connectivity index (χ0v) is 18.0. The summed E-state index contributed by atoms with van der Waals surface area (Å²) in [5, 5.41) is 5.39. The molecule has 4 aliphatic carbocycles. The van der Waals surface area contributed by atoms with Gasteiger partial charge in [0, 0.05) is 0 Å². The van der Waals surface area contributed by atoms with Gasteiger partial charge in [-0.05, 0) is 77.6 Å². The molecule has 29 heavy (non-hydrogen) atoms. The molecule has 1 aromatic carbocycles. The molecule has 0 spiro atoms. The Hall–Kier alpha value is -2.15. The summed E-state index contributed by atoms with van der Waals surface area (Å²) >= 11 is 3.51. The molecule has 0 aromatic heterocycles. The number of allylic oxidation sites excluding steroid dienone is 2. The summed E-state index contributed by atoms with van der Waals surface area (Å²) < 4.78 is 12.1. The van der Waals surface area contributed by atoms with Gasteiger partial charge in [-0.2, -0.15) is 10.1 Å². The van der Waals surface area contributed by atoms with Crippen molar-refractivity contribution in [2.45, 2.75) is 20.3 Å². The van der Waals surface area contributed by atoms with E-state index in [-0.39, 0.29) is 35.5 Å². The first kappa shape index (κ1) is 18.9. The van der Waals surface area contributed by atoms with Gasteiger partial charge in [0.1, 0.15) is 0 Å². The van der Waals surface area contributed by atoms with E-state index in [0.717, 1.165) is 21.5 Å². The van der Waals surface area contributed by atoms with Crippen molar-refractivity contribution in [1.82, 2.24) is 5.01 Å². The maximum Gasteiger partial charge on any atom is 0.254 e. The average Bonchev–Trinajstić information content (AvgIpc) is 3.48. The summed E-state index contributed by atoms with van der Waals surface area (Å²) in [5.41, 5.74) is 0.725. The lowest BCUT2D eigenvalue weighted by Gasteiger charge is -2.37. The van der Waals surface area contributed by atoms with Crippen LogP contribution in [0.5, 0.6) is 11.5 Å². The first-order valence-electron chi connectivity index (χ1n) is 10.2. The van der Waals surface area contributed by atoms with Gasteiger partial charge in [0.15, 0.2) is 11.5 Å². The first-order valence-corrected chi connectivity index (χ1v) is 11.0. The summed E-state index contributed by atoms with van der Waals surface area (Å²) in [7, 11) is 0. The summed E-state index contributed by atoms with van der Waals surface area (Å²) in [6, 6.07) is 3.65. The molecule has 5 aliphatic rings. The van der Waals surface area contributed by atoms with Crippen molar-refractivity contribution in [3.8, 4) is 11.5 Å². The predicted molar refractivity (Wildman–Crippen MR) is 111 cm³/mol. The number of ether oxygens (including phenoxy) is 2. The number of nitrogens with zero attached hydrogens (tertiary/aromatic N) is 2. The zero-order chi connectivity index (χ0) is 20.3. The summed E-state index contributed by atoms with van der Waals surface area (Å²) in [5.74, 6) is 2.03. The summed E-state index contributed by atoms with van der Waals surface area (Å²) in [6.07, 6.45) is 7.03. The van der Waals surface area contributed by atoms with E-state index in [2.05, 4.69) is 33.2 Å². The smallest absolute Gasteiger partial charge is 0.254 e. The second kappa shape index (κ2) is 6.97. The van der Waals surface area contributed by atoms with Crippen LogP contribution in [0.15, 0.2) is 33.9 Å². The van der Waals surface area contributed by atoms with Crippen molar-refractivity contribution < 1.29 is 19.1 Å². The molecule has 0 unspecified atom stereocenters. The van der Waals surface area contributed by atoms with Gasteiger partial charge >= 0.3 is 0 Å². The van der Waals surface area contributed by atoms with E-state index in [0.29, 0.717) is 36.5 Å². The molecule has 1 aromatic rings. The molecule has 6 rings (SSSR count). The molecule has 0 N–H and O–H groups in total. The van der Waals surface area contributed by atoms with Crippen LogP contribution in [0.2, 0.25) is 0 Å². The van der Waals surface area contributed by atoms with Gasteiger partial charge in [-0.1, -0.05) is 12.2 Å². The van der Waals surface area contributed by atoms with Crippen molar-refractivity contribution in [1.29, 1.82) is 0 Å². The number of carbonyl (C=O) groups excluding carboxylic acids is 2. The third-order valence-electron chi connectivity index (χ3n) is 6.58. The maximum atomic E-state index is 13.0. The van der Waals surface area contributed by atoms with Gasteiger partial charge in [-0.25, -0.2) is 0 Å². The van der Waals surface area contributed by atoms with Crippen LogP contribution in [-0.2, 0) is 9.59 Å². The van der Waals surface area contributed by atoms with E-state index in [1.54, 1.807) is 12.3 Å². The molecule has 2 amide bonds. The van der Waals surface area contributed by atoms with Crippen LogP contribution in [0.3, 0.4) is 0 Å². The van der Waals surface area contributed by atoms with Crippen molar-refractivity contribution in [2.75, 3.05) is 13.2 Å². The average molecular weight is 459 g/mol. The van der Waals surface area contributed by atoms with Gasteiger partial charge in [0.25, 0.3) is 11.8 Å². The van der Waals surface area contributed by atoms with E-state index in [9.17, 15) is 9.59 Å². The molecule has 1 saturated heterocycles. The molecule has 3 fully saturated rings. The van der Waals surface area contributed by atoms with Crippen LogP contribution in [0.1, 0.15) is 25.8 Å². The summed E-state index contributed by atoms with van der Waals surface area (Å²) in [4.78, 5) is 26.0. The monoisotopic (exact) mass is 458 g/mol. The summed E-state index contributed by atoms with van der Waals surface area (Å²) in [6.45, 7) is 4.83. The van der Waals surface area contributed by atoms with Gasteiger partial charge < -0.3 is 9.47 Å². The molecule has 6 atom stereocenters. The van der Waals surface area contributed by atoms with Crippen molar-refractivity contribution in [3.05, 3.63) is 34.3 Å². The van der Waals surface area contributed by atoms with Gasteiger partial charge in [-0.3, -0.25) is 9.59 Å². The van der Waals surface area contributed by atoms with E-state index in [1.807, 2.05) is 19.9 Å². The Morgan fingerprint density at radius 2 is 1.69 bits per heavy atom. The standard InChI is InChI=1S/C22H23BrN2O4/c1-3-28-17-8-11(7-16(23)20(17)29-4-2)10-24-25-21(26)18-12-5-6-13(15-9-14(12)15)19(18)22(25)27/h5-8,10,12-15,18-19H,3-4,9H2,1-2H3/b24-10-/t12-,13-,14-,15+,18+,19+/m0/s1. The molecule has 6 nitrogen and oxygen atoms in total. The van der Waals surface area contributed by atoms with Crippen LogP contribution in [0.4, 0.5) is 0 Å². The largest absolute Gasteiger partial charge is 0.490 e. The highest BCUT2D eigenvalue weighted by Crippen LogP contribution is 2.65. The Morgan fingerprint density at radius 3 is 2.28 bits per heavy atom. The molecule has 152 valence electrons. The Kier molecular flexibility index (Phi) is 4.53. The molecular weight excluding hydrogens is 436 g/mol. The number of hydrogen-bond donors (Lipinski definition) is 0. The zero-order valence-electron chi connectivity index (χ0n) is 16.4. The van der Waals surface area contributed by atoms with Crippen LogP contribution >= 0.6 is 15.9 Å². The SMILES string of the molecule is CCOc1cc(/C=N\N2C(=O)[C@@H]3[C@H]4C=C[C@@H]([C@@H]5C[C@H]45)[C@H]3C2=O)cc(Br)c1OCC. The normalized spacial score (nSPS) is 34.0. The third-order valence-corrected chi connectivity index (χ3v) is 7.17. The Balaban J connectivity index is 1.41. The fourth-order valence-electron chi connectivity index (χ4n) is 5.39. The van der Waals surface area contributed by atoms with E-state index >= 15 is 0 Å². The highest BCUT2D eigenvalue weighted by molar-refractivity contribution is 9.10. The fraction of sp³-hybridized carbons (Fsp3) is 0.500. The van der Waals surface area contributed by atoms with E-state index in [4.69, 9.17) is 9.47 Å². The van der Waals surface area contributed by atoms with E-state index < -0.39 is 0 Å². The number of halogens is 1. The van der Waals surface area contributed by atoms with Crippen LogP contribution in [-0.4, -0.2) is 36.3 Å². The highest BCUT2D eigenvalue weighted by Gasteiger charge is 2.67. The number of amides is 2. The topological polar surface area (TPSA) is 68.2 Å². The number of carbonyl (C=O) groups is 2. The first-order chi connectivity index (χ1) is 14.0.